The fourth-order valence-electron chi connectivity index (χ4n) is 2.58. The van der Waals surface area contributed by atoms with E-state index in [1.807, 2.05) is 0 Å². The number of hydroxylamine groups is 2. The summed E-state index contributed by atoms with van der Waals surface area (Å²) in [5.41, 5.74) is -0.756. The van der Waals surface area contributed by atoms with Crippen LogP contribution < -0.4 is 0 Å². The molecule has 0 aliphatic carbocycles. The monoisotopic (exact) mass is 443 g/mol. The maximum Gasteiger partial charge on any atom is 0.282 e. The third-order valence-corrected chi connectivity index (χ3v) is 4.81. The first kappa shape index (κ1) is 21.8. The van der Waals surface area contributed by atoms with Gasteiger partial charge in [0.15, 0.2) is 5.82 Å². The first-order chi connectivity index (χ1) is 12.6. The van der Waals surface area contributed by atoms with E-state index in [4.69, 9.17) is 39.6 Å². The molecule has 1 atom stereocenters. The zero-order chi connectivity index (χ0) is 20.5. The molecule has 0 radical (unpaired) electrons. The van der Waals surface area contributed by atoms with E-state index in [9.17, 15) is 18.0 Å². The molecule has 11 heteroatoms. The van der Waals surface area contributed by atoms with Gasteiger partial charge in [-0.05, 0) is 25.0 Å². The molecule has 0 N–H and O–H groups in total. The summed E-state index contributed by atoms with van der Waals surface area (Å²) in [6.07, 6.45) is -1.77. The van der Waals surface area contributed by atoms with Crippen LogP contribution in [-0.4, -0.2) is 33.9 Å². The number of aryl methyl sites for hydroxylation is 1. The minimum Gasteiger partial charge on any atom is -0.275 e. The van der Waals surface area contributed by atoms with Crippen LogP contribution in [-0.2, 0) is 18.3 Å². The van der Waals surface area contributed by atoms with Crippen LogP contribution >= 0.6 is 34.8 Å². The molecule has 27 heavy (non-hydrogen) atoms. The van der Waals surface area contributed by atoms with Gasteiger partial charge in [-0.3, -0.25) is 14.3 Å². The standard InChI is InChI=1S/C16H15Cl3F3N3O2/c1-7(4-8-10(17)5-11(18)13(20)12(8)19)25(27-3)16(26)9-6-24(2)23-14(9)15(21)22/h5-7,15H,4H2,1-3H3. The molecule has 1 aromatic heterocycles. The Bertz CT molecular complexity index is 861. The number of carbonyl (C=O) groups is 1. The highest BCUT2D eigenvalue weighted by Crippen LogP contribution is 2.34. The lowest BCUT2D eigenvalue weighted by atomic mass is 10.1. The van der Waals surface area contributed by atoms with Crippen LogP contribution in [0, 0.1) is 5.82 Å². The number of nitrogens with zero attached hydrogens (tertiary/aromatic N) is 3. The Hall–Kier alpha value is -1.48. The number of carbonyl (C=O) groups excluding carboxylic acids is 1. The number of halogens is 6. The van der Waals surface area contributed by atoms with E-state index in [1.54, 1.807) is 6.92 Å². The second-order valence-electron chi connectivity index (χ2n) is 5.72. The van der Waals surface area contributed by atoms with Gasteiger partial charge in [-0.1, -0.05) is 34.8 Å². The molecule has 2 rings (SSSR count). The largest absolute Gasteiger partial charge is 0.282 e. The molecule has 0 saturated heterocycles. The molecule has 0 aliphatic rings. The molecule has 0 saturated carbocycles. The van der Waals surface area contributed by atoms with Crippen molar-refractivity contribution >= 4 is 40.7 Å². The lowest BCUT2D eigenvalue weighted by Crippen LogP contribution is -2.39. The molecule has 1 heterocycles. The number of rotatable bonds is 6. The van der Waals surface area contributed by atoms with E-state index in [-0.39, 0.29) is 32.6 Å². The number of aromatic nitrogens is 2. The van der Waals surface area contributed by atoms with E-state index >= 15 is 0 Å². The number of benzene rings is 1. The summed E-state index contributed by atoms with van der Waals surface area (Å²) in [5.74, 6) is -1.66. The smallest absolute Gasteiger partial charge is 0.275 e. The molecule has 5 nitrogen and oxygen atoms in total. The van der Waals surface area contributed by atoms with Gasteiger partial charge in [0, 0.05) is 18.3 Å². The number of hydrogen-bond acceptors (Lipinski definition) is 3. The lowest BCUT2D eigenvalue weighted by Gasteiger charge is -2.27. The van der Waals surface area contributed by atoms with E-state index in [1.165, 1.54) is 26.4 Å². The van der Waals surface area contributed by atoms with Gasteiger partial charge in [-0.15, -0.1) is 0 Å². The third kappa shape index (κ3) is 4.51. The molecule has 0 bridgehead atoms. The number of hydrogen-bond donors (Lipinski definition) is 0. The van der Waals surface area contributed by atoms with Crippen LogP contribution in [0.4, 0.5) is 13.2 Å². The van der Waals surface area contributed by atoms with Gasteiger partial charge < -0.3 is 0 Å². The zero-order valence-corrected chi connectivity index (χ0v) is 16.7. The van der Waals surface area contributed by atoms with Crippen molar-refractivity contribution in [1.29, 1.82) is 0 Å². The van der Waals surface area contributed by atoms with Crippen molar-refractivity contribution in [2.75, 3.05) is 7.11 Å². The summed E-state index contributed by atoms with van der Waals surface area (Å²) < 4.78 is 41.3. The average molecular weight is 445 g/mol. The Labute approximate surface area is 168 Å². The molecule has 1 unspecified atom stereocenters. The van der Waals surface area contributed by atoms with Gasteiger partial charge in [-0.2, -0.15) is 5.10 Å². The molecular weight excluding hydrogens is 430 g/mol. The normalized spacial score (nSPS) is 12.5. The molecule has 1 aromatic carbocycles. The predicted molar refractivity (Wildman–Crippen MR) is 95.9 cm³/mol. The molecule has 1 amide bonds. The summed E-state index contributed by atoms with van der Waals surface area (Å²) in [7, 11) is 2.62. The van der Waals surface area contributed by atoms with Crippen molar-refractivity contribution < 1.29 is 22.8 Å². The summed E-state index contributed by atoms with van der Waals surface area (Å²) in [6, 6.07) is 0.477. The molecule has 2 aromatic rings. The number of alkyl halides is 2. The molecule has 0 aliphatic heterocycles. The highest BCUT2D eigenvalue weighted by Gasteiger charge is 2.30. The molecule has 0 spiro atoms. The predicted octanol–water partition coefficient (Wildman–Crippen LogP) is 5.09. The average Bonchev–Trinajstić information content (AvgIpc) is 2.99. The van der Waals surface area contributed by atoms with Crippen LogP contribution in [0.2, 0.25) is 15.1 Å². The Morgan fingerprint density at radius 3 is 2.52 bits per heavy atom. The lowest BCUT2D eigenvalue weighted by molar-refractivity contribution is -0.119. The van der Waals surface area contributed by atoms with Crippen molar-refractivity contribution in [3.8, 4) is 0 Å². The fraction of sp³-hybridized carbons (Fsp3) is 0.375. The minimum absolute atomic E-state index is 0.00436. The van der Waals surface area contributed by atoms with Crippen LogP contribution in [0.1, 0.15) is 35.0 Å². The second kappa shape index (κ2) is 8.68. The van der Waals surface area contributed by atoms with Gasteiger partial charge in [0.05, 0.1) is 28.8 Å². The number of amides is 1. The van der Waals surface area contributed by atoms with E-state index in [0.717, 1.165) is 9.75 Å². The minimum atomic E-state index is -2.94. The Morgan fingerprint density at radius 1 is 1.33 bits per heavy atom. The second-order valence-corrected chi connectivity index (χ2v) is 6.91. The van der Waals surface area contributed by atoms with Crippen molar-refractivity contribution in [2.45, 2.75) is 25.8 Å². The summed E-state index contributed by atoms with van der Waals surface area (Å²) >= 11 is 17.7. The quantitative estimate of drug-likeness (QED) is 0.354. The van der Waals surface area contributed by atoms with Gasteiger partial charge in [0.25, 0.3) is 12.3 Å². The van der Waals surface area contributed by atoms with Crippen molar-refractivity contribution in [1.82, 2.24) is 14.8 Å². The molecule has 148 valence electrons. The van der Waals surface area contributed by atoms with Gasteiger partial charge in [0.2, 0.25) is 0 Å². The maximum atomic E-state index is 13.9. The van der Waals surface area contributed by atoms with Crippen molar-refractivity contribution in [2.24, 2.45) is 7.05 Å². The Kier molecular flexibility index (Phi) is 7.02. The summed E-state index contributed by atoms with van der Waals surface area (Å²) in [6.45, 7) is 1.57. The van der Waals surface area contributed by atoms with E-state index < -0.39 is 29.9 Å². The van der Waals surface area contributed by atoms with Crippen LogP contribution in [0.15, 0.2) is 12.3 Å². The van der Waals surface area contributed by atoms with Crippen LogP contribution in [0.5, 0.6) is 0 Å². The Morgan fingerprint density at radius 2 is 1.96 bits per heavy atom. The fourth-order valence-corrected chi connectivity index (χ4v) is 3.50. The first-order valence-corrected chi connectivity index (χ1v) is 8.73. The van der Waals surface area contributed by atoms with Gasteiger partial charge in [0.1, 0.15) is 5.69 Å². The SMILES string of the molecule is CON(C(=O)c1cn(C)nc1C(F)F)C(C)Cc1c(Cl)cc(Cl)c(F)c1Cl. The van der Waals surface area contributed by atoms with E-state index in [2.05, 4.69) is 5.10 Å². The third-order valence-electron chi connectivity index (χ3n) is 3.80. The summed E-state index contributed by atoms with van der Waals surface area (Å²) in [5, 5.41) is 4.06. The topological polar surface area (TPSA) is 47.4 Å². The maximum absolute atomic E-state index is 13.9. The Balaban J connectivity index is 2.33. The highest BCUT2D eigenvalue weighted by molar-refractivity contribution is 6.39. The van der Waals surface area contributed by atoms with Gasteiger partial charge >= 0.3 is 0 Å². The van der Waals surface area contributed by atoms with E-state index in [0.29, 0.717) is 0 Å². The highest BCUT2D eigenvalue weighted by atomic mass is 35.5. The first-order valence-electron chi connectivity index (χ1n) is 7.59. The zero-order valence-electron chi connectivity index (χ0n) is 14.4. The molecular formula is C16H15Cl3F3N3O2. The van der Waals surface area contributed by atoms with Crippen molar-refractivity contribution in [3.63, 3.8) is 0 Å². The van der Waals surface area contributed by atoms with Crippen LogP contribution in [0.25, 0.3) is 0 Å². The van der Waals surface area contributed by atoms with Gasteiger partial charge in [-0.25, -0.2) is 18.2 Å². The van der Waals surface area contributed by atoms with Crippen LogP contribution in [0.3, 0.4) is 0 Å². The summed E-state index contributed by atoms with van der Waals surface area (Å²) in [4.78, 5) is 17.8. The van der Waals surface area contributed by atoms with Crippen molar-refractivity contribution in [3.05, 3.63) is 50.0 Å². The molecule has 0 fully saturated rings.